The Balaban J connectivity index is 0.000000276. The van der Waals surface area contributed by atoms with Gasteiger partial charge in [-0.3, -0.25) is 4.98 Å². The Kier molecular flexibility index (Phi) is 16.5. The van der Waals surface area contributed by atoms with Crippen molar-refractivity contribution in [2.75, 3.05) is 0 Å². The van der Waals surface area contributed by atoms with Crippen molar-refractivity contribution in [2.24, 2.45) is 0 Å². The lowest BCUT2D eigenvalue weighted by atomic mass is 9.12. The smallest absolute Gasteiger partial charge is 0.252 e. The highest BCUT2D eigenvalue weighted by Gasteiger charge is 2.47. The second-order valence-electron chi connectivity index (χ2n) is 19.4. The van der Waals surface area contributed by atoms with Gasteiger partial charge in [0.15, 0.2) is 12.7 Å². The summed E-state index contributed by atoms with van der Waals surface area (Å²) >= 11 is 0. The van der Waals surface area contributed by atoms with Crippen LogP contribution in [0.2, 0.25) is 0 Å². The van der Waals surface area contributed by atoms with Crippen LogP contribution in [0.4, 0.5) is 105 Å². The average molecular weight is 1220 g/mol. The second kappa shape index (κ2) is 22.3. The minimum atomic E-state index is -6.13. The van der Waals surface area contributed by atoms with Gasteiger partial charge < -0.3 is 0 Å². The van der Waals surface area contributed by atoms with Crippen LogP contribution in [0, 0.1) is 0 Å². The molecule has 9 aromatic rings. The van der Waals surface area contributed by atoms with E-state index in [0.29, 0.717) is 0 Å². The molecule has 446 valence electrons. The van der Waals surface area contributed by atoms with Crippen molar-refractivity contribution in [1.82, 2.24) is 4.98 Å². The zero-order valence-electron chi connectivity index (χ0n) is 42.2. The van der Waals surface area contributed by atoms with Gasteiger partial charge in [0.05, 0.1) is 63.3 Å². The van der Waals surface area contributed by atoms with Crippen molar-refractivity contribution in [3.63, 3.8) is 0 Å². The van der Waals surface area contributed by atoms with E-state index in [1.54, 1.807) is 0 Å². The van der Waals surface area contributed by atoms with Gasteiger partial charge in [-0.25, -0.2) is 0 Å². The fourth-order valence-electron chi connectivity index (χ4n) is 10.0. The molecule has 85 heavy (non-hydrogen) atoms. The second-order valence-corrected chi connectivity index (χ2v) is 19.4. The Labute approximate surface area is 463 Å². The van der Waals surface area contributed by atoms with E-state index in [2.05, 4.69) is 101 Å². The molecule has 0 aliphatic heterocycles. The third-order valence-electron chi connectivity index (χ3n) is 13.8. The maximum Gasteiger partial charge on any atom is 0.416 e. The molecule has 0 radical (unpaired) electrons. The van der Waals surface area contributed by atoms with Crippen molar-refractivity contribution in [3.8, 4) is 0 Å². The van der Waals surface area contributed by atoms with Crippen LogP contribution in [0.1, 0.15) is 61.3 Å². The zero-order valence-corrected chi connectivity index (χ0v) is 42.2. The van der Waals surface area contributed by atoms with Crippen LogP contribution in [0.5, 0.6) is 0 Å². The lowest BCUT2D eigenvalue weighted by Crippen LogP contribution is -2.75. The standard InChI is InChI=1S/C32H12BF24.C26H21N2/c34-25(35,36)13-1-14(26(37,38)39)6-21(5-13)33(22-7-15(27(40,41)42)2-16(8-22)28(43,44)45,23-9-17(29(46,47)48)3-18(10-23)30(49,50)51)24-11-19(31(52,53)54)4-20(12-24)32(55,56)57;1-2-8-20(9-3-1)19-28-15-14-27-18-23(28)17-26-24-12-6-4-10-21(24)16-22-11-5-7-13-25(22)26/h1-12H;1-16,18H,17,19H2/q-1;+1. The summed E-state index contributed by atoms with van der Waals surface area (Å²) in [7, 11) is 0. The minimum absolute atomic E-state index is 0.691. The van der Waals surface area contributed by atoms with Crippen LogP contribution < -0.4 is 26.4 Å². The molecule has 27 heteroatoms. The van der Waals surface area contributed by atoms with Crippen molar-refractivity contribution in [1.29, 1.82) is 0 Å². The van der Waals surface area contributed by atoms with Gasteiger partial charge in [-0.15, -0.1) is 0 Å². The molecule has 0 amide bonds. The molecule has 0 saturated carbocycles. The minimum Gasteiger partial charge on any atom is -0.252 e. The van der Waals surface area contributed by atoms with Gasteiger partial charge in [0.1, 0.15) is 6.15 Å². The van der Waals surface area contributed by atoms with Gasteiger partial charge in [-0.05, 0) is 57.4 Å². The molecule has 1 aromatic heterocycles. The molecule has 0 fully saturated rings. The molecule has 9 rings (SSSR count). The van der Waals surface area contributed by atoms with Gasteiger partial charge in [-0.2, -0.15) is 132 Å². The largest absolute Gasteiger partial charge is 0.416 e. The Morgan fingerprint density at radius 1 is 0.329 bits per heavy atom. The molecule has 0 N–H and O–H groups in total. The van der Waals surface area contributed by atoms with E-state index in [4.69, 9.17) is 0 Å². The molecule has 0 bridgehead atoms. The normalized spacial score (nSPS) is 13.3. The van der Waals surface area contributed by atoms with Crippen molar-refractivity contribution in [3.05, 3.63) is 238 Å². The summed E-state index contributed by atoms with van der Waals surface area (Å²) in [5, 5.41) is 5.21. The molecular weight excluding hydrogens is 1190 g/mol. The van der Waals surface area contributed by atoms with Gasteiger partial charge >= 0.3 is 49.4 Å². The van der Waals surface area contributed by atoms with Gasteiger partial charge in [0, 0.05) is 5.56 Å². The first-order chi connectivity index (χ1) is 39.1. The average Bonchev–Trinajstić information content (AvgIpc) is 0.809. The highest BCUT2D eigenvalue weighted by Crippen LogP contribution is 2.42. The first-order valence-electron chi connectivity index (χ1n) is 24.3. The fraction of sp³-hybridized carbons (Fsp3) is 0.172. The van der Waals surface area contributed by atoms with Gasteiger partial charge in [0.2, 0.25) is 5.69 Å². The Morgan fingerprint density at radius 3 is 0.906 bits per heavy atom. The predicted molar refractivity (Wildman–Crippen MR) is 264 cm³/mol. The summed E-state index contributed by atoms with van der Waals surface area (Å²) in [5.74, 6) is 0. The van der Waals surface area contributed by atoms with Crippen molar-refractivity contribution >= 4 is 49.5 Å². The summed E-state index contributed by atoms with van der Waals surface area (Å²) in [6.45, 7) is 0.849. The molecule has 2 nitrogen and oxygen atoms in total. The Hall–Kier alpha value is -8.26. The van der Waals surface area contributed by atoms with E-state index < -0.39 is 195 Å². The molecule has 0 atom stereocenters. The molecule has 0 aliphatic rings. The highest BCUT2D eigenvalue weighted by atomic mass is 19.4. The number of halogens is 24. The summed E-state index contributed by atoms with van der Waals surface area (Å²) < 4.78 is 343. The molecular formula is C58H33BF24N2. The summed E-state index contributed by atoms with van der Waals surface area (Å²) in [6.07, 6.45) is -48.0. The number of benzene rings is 8. The van der Waals surface area contributed by atoms with Crippen LogP contribution in [-0.4, -0.2) is 11.1 Å². The van der Waals surface area contributed by atoms with Crippen molar-refractivity contribution < 1.29 is 110 Å². The fourth-order valence-corrected chi connectivity index (χ4v) is 10.0. The van der Waals surface area contributed by atoms with Crippen LogP contribution in [0.15, 0.2) is 176 Å². The Morgan fingerprint density at radius 2 is 0.612 bits per heavy atom. The van der Waals surface area contributed by atoms with E-state index in [0.717, 1.165) is 13.0 Å². The Bertz CT molecular complexity index is 3420. The van der Waals surface area contributed by atoms with E-state index in [-0.39, 0.29) is 0 Å². The third kappa shape index (κ3) is 13.8. The van der Waals surface area contributed by atoms with Gasteiger partial charge in [0.25, 0.3) is 0 Å². The summed E-state index contributed by atoms with van der Waals surface area (Å²) in [5.41, 5.74) is -26.3. The SMILES string of the molecule is FC(F)(F)c1cc([B-](c2cc(C(F)(F)F)cc(C(F)(F)F)c2)(c2cc(C(F)(F)F)cc(C(F)(F)F)c2)c2cc(C(F)(F)F)cc(C(F)(F)F)c2)cc(C(F)(F)F)c1.c1ccc(C[n+]2ccncc2Cc2c3ccccc3cc3ccccc23)cc1. The molecule has 8 aromatic carbocycles. The number of alkyl halides is 24. The first-order valence-corrected chi connectivity index (χ1v) is 24.3. The quantitative estimate of drug-likeness (QED) is 0.0641. The van der Waals surface area contributed by atoms with Crippen molar-refractivity contribution in [2.45, 2.75) is 62.4 Å². The number of aromatic nitrogens is 2. The maximum atomic E-state index is 14.2. The first kappa shape index (κ1) is 62.8. The van der Waals surface area contributed by atoms with E-state index in [9.17, 15) is 105 Å². The van der Waals surface area contributed by atoms with E-state index >= 15 is 0 Å². The molecule has 1 heterocycles. The van der Waals surface area contributed by atoms with Crippen LogP contribution >= 0.6 is 0 Å². The number of nitrogens with zero attached hydrogens (tertiary/aromatic N) is 2. The zero-order chi connectivity index (χ0) is 62.7. The van der Waals surface area contributed by atoms with Crippen LogP contribution in [-0.2, 0) is 62.4 Å². The third-order valence-corrected chi connectivity index (χ3v) is 13.8. The molecule has 0 unspecified atom stereocenters. The predicted octanol–water partition coefficient (Wildman–Crippen LogP) is 16.5. The van der Waals surface area contributed by atoms with Crippen LogP contribution in [0.3, 0.4) is 0 Å². The summed E-state index contributed by atoms with van der Waals surface area (Å²) in [4.78, 5) is 4.42. The monoisotopic (exact) mass is 1220 g/mol. The molecule has 0 aliphatic carbocycles. The highest BCUT2D eigenvalue weighted by molar-refractivity contribution is 7.20. The van der Waals surface area contributed by atoms with E-state index in [1.807, 2.05) is 12.4 Å². The number of hydrogen-bond acceptors (Lipinski definition) is 1. The molecule has 0 saturated heterocycles. The topological polar surface area (TPSA) is 16.8 Å². The molecule has 0 spiro atoms. The number of rotatable bonds is 8. The number of hydrogen-bond donors (Lipinski definition) is 0. The number of fused-ring (bicyclic) bond motifs is 2. The lowest BCUT2D eigenvalue weighted by Gasteiger charge is -2.46. The maximum absolute atomic E-state index is 14.2. The summed E-state index contributed by atoms with van der Waals surface area (Å²) in [6, 6.07) is 21.4. The van der Waals surface area contributed by atoms with Crippen LogP contribution in [0.25, 0.3) is 21.5 Å². The van der Waals surface area contributed by atoms with Gasteiger partial charge in [-0.1, -0.05) is 127 Å². The van der Waals surface area contributed by atoms with E-state index in [1.165, 1.54) is 38.4 Å². The lowest BCUT2D eigenvalue weighted by molar-refractivity contribution is -0.695.